The summed E-state index contributed by atoms with van der Waals surface area (Å²) in [6.07, 6.45) is 0.214. The molecule has 4 aromatic carbocycles. The molecule has 0 saturated heterocycles. The van der Waals surface area contributed by atoms with Gasteiger partial charge in [-0.1, -0.05) is 77.8 Å². The molecule has 0 aliphatic rings. The van der Waals surface area contributed by atoms with Gasteiger partial charge in [-0.2, -0.15) is 0 Å². The maximum atomic E-state index is 14.5. The number of rotatable bonds is 13. The van der Waals surface area contributed by atoms with Crippen LogP contribution in [0.25, 0.3) is 0 Å². The van der Waals surface area contributed by atoms with E-state index in [0.717, 1.165) is 15.4 Å². The van der Waals surface area contributed by atoms with Gasteiger partial charge < -0.3 is 15.0 Å². The summed E-state index contributed by atoms with van der Waals surface area (Å²) >= 11 is 9.90. The van der Waals surface area contributed by atoms with Crippen LogP contribution in [0.1, 0.15) is 23.6 Å². The second-order valence-corrected chi connectivity index (χ2v) is 13.5. The Kier molecular flexibility index (Phi) is 11.7. The minimum Gasteiger partial charge on any atom is -0.496 e. The van der Waals surface area contributed by atoms with Gasteiger partial charge in [-0.05, 0) is 77.3 Å². The van der Waals surface area contributed by atoms with E-state index in [2.05, 4.69) is 21.2 Å². The van der Waals surface area contributed by atoms with Crippen molar-refractivity contribution in [1.82, 2.24) is 10.2 Å². The number of anilines is 1. The van der Waals surface area contributed by atoms with Crippen molar-refractivity contribution in [2.45, 2.75) is 37.8 Å². The largest absolute Gasteiger partial charge is 0.496 e. The Hall–Kier alpha value is -3.86. The molecule has 4 rings (SSSR count). The van der Waals surface area contributed by atoms with E-state index >= 15 is 0 Å². The van der Waals surface area contributed by atoms with Gasteiger partial charge in [-0.3, -0.25) is 13.9 Å². The van der Waals surface area contributed by atoms with Gasteiger partial charge >= 0.3 is 0 Å². The summed E-state index contributed by atoms with van der Waals surface area (Å²) in [6, 6.07) is 26.8. The van der Waals surface area contributed by atoms with E-state index in [9.17, 15) is 18.0 Å². The van der Waals surface area contributed by atoms with Crippen LogP contribution in [0.5, 0.6) is 5.75 Å². The Bertz CT molecular complexity index is 1740. The molecule has 236 valence electrons. The monoisotopic (exact) mass is 711 g/mol. The molecule has 0 fully saturated rings. The minimum absolute atomic E-state index is 0.0109. The van der Waals surface area contributed by atoms with Crippen molar-refractivity contribution < 1.29 is 22.7 Å². The number of methoxy groups -OCH3 is 1. The summed E-state index contributed by atoms with van der Waals surface area (Å²) in [6.45, 7) is 3.47. The highest BCUT2D eigenvalue weighted by molar-refractivity contribution is 9.10. The third kappa shape index (κ3) is 8.45. The third-order valence-electron chi connectivity index (χ3n) is 7.23. The van der Waals surface area contributed by atoms with E-state index in [4.69, 9.17) is 16.3 Å². The molecule has 0 saturated carbocycles. The van der Waals surface area contributed by atoms with Crippen LogP contribution in [-0.2, 0) is 32.6 Å². The molecule has 0 unspecified atom stereocenters. The molecule has 1 N–H and O–H groups in total. The number of hydrogen-bond donors (Lipinski definition) is 1. The lowest BCUT2D eigenvalue weighted by molar-refractivity contribution is -0.140. The Balaban J connectivity index is 1.81. The first-order chi connectivity index (χ1) is 21.5. The molecule has 11 heteroatoms. The van der Waals surface area contributed by atoms with Gasteiger partial charge in [0.25, 0.3) is 10.0 Å². The molecular formula is C34H35BrClN3O5S. The van der Waals surface area contributed by atoms with E-state index in [-0.39, 0.29) is 23.8 Å². The predicted molar refractivity (Wildman–Crippen MR) is 181 cm³/mol. The van der Waals surface area contributed by atoms with Crippen molar-refractivity contribution >= 4 is 55.1 Å². The average molecular weight is 713 g/mol. The quantitative estimate of drug-likeness (QED) is 0.173. The number of carbonyl (C=O) groups excluding carboxylic acids is 2. The van der Waals surface area contributed by atoms with Gasteiger partial charge in [0.2, 0.25) is 11.8 Å². The normalized spacial score (nSPS) is 11.8. The summed E-state index contributed by atoms with van der Waals surface area (Å²) in [5.74, 6) is -0.465. The molecule has 8 nitrogen and oxygen atoms in total. The Morgan fingerprint density at radius 2 is 1.62 bits per heavy atom. The first kappa shape index (κ1) is 34.0. The van der Waals surface area contributed by atoms with Crippen molar-refractivity contribution in [3.05, 3.63) is 123 Å². The SMILES string of the molecule is CCNC(=O)[C@H](Cc1ccccc1)N(Cc1ccccc1Cl)C(=O)CN(c1ccc(C)cc1)S(=O)(=O)c1ccc(OC)c(Br)c1. The average Bonchev–Trinajstić information content (AvgIpc) is 3.03. The van der Waals surface area contributed by atoms with Gasteiger partial charge in [-0.25, -0.2) is 8.42 Å². The van der Waals surface area contributed by atoms with E-state index < -0.39 is 28.5 Å². The maximum absolute atomic E-state index is 14.5. The predicted octanol–water partition coefficient (Wildman–Crippen LogP) is 6.39. The molecule has 0 heterocycles. The summed E-state index contributed by atoms with van der Waals surface area (Å²) in [5, 5.41) is 3.28. The van der Waals surface area contributed by atoms with Crippen LogP contribution < -0.4 is 14.4 Å². The first-order valence-electron chi connectivity index (χ1n) is 14.3. The van der Waals surface area contributed by atoms with Crippen molar-refractivity contribution in [1.29, 1.82) is 0 Å². The van der Waals surface area contributed by atoms with Crippen LogP contribution in [0.2, 0.25) is 5.02 Å². The van der Waals surface area contributed by atoms with Crippen LogP contribution in [0.15, 0.2) is 106 Å². The number of ether oxygens (including phenoxy) is 1. The molecule has 4 aromatic rings. The van der Waals surface area contributed by atoms with Crippen LogP contribution >= 0.6 is 27.5 Å². The third-order valence-corrected chi connectivity index (χ3v) is 9.99. The van der Waals surface area contributed by atoms with E-state index in [1.54, 1.807) is 61.5 Å². The zero-order valence-corrected chi connectivity index (χ0v) is 28.4. The highest BCUT2D eigenvalue weighted by Crippen LogP contribution is 2.31. The number of amides is 2. The van der Waals surface area contributed by atoms with Gasteiger partial charge in [0.1, 0.15) is 18.3 Å². The van der Waals surface area contributed by atoms with Crippen LogP contribution in [0.4, 0.5) is 5.69 Å². The first-order valence-corrected chi connectivity index (χ1v) is 16.9. The second kappa shape index (κ2) is 15.4. The molecule has 0 spiro atoms. The number of benzene rings is 4. The standard InChI is InChI=1S/C34H35BrClN3O5S/c1-4-37-34(41)31(20-25-10-6-5-7-11-25)38(22-26-12-8-9-13-30(26)36)33(40)23-39(27-16-14-24(2)15-17-27)45(42,43)28-18-19-32(44-3)29(35)21-28/h5-19,21,31H,4,20,22-23H2,1-3H3,(H,37,41)/t31-/m0/s1. The fourth-order valence-corrected chi connectivity index (χ4v) is 7.16. The molecule has 2 amide bonds. The van der Waals surface area contributed by atoms with Crippen LogP contribution in [-0.4, -0.2) is 51.4 Å². The number of nitrogens with zero attached hydrogens (tertiary/aromatic N) is 2. The molecule has 0 aliphatic heterocycles. The fourth-order valence-electron chi connectivity index (χ4n) is 4.83. The zero-order chi connectivity index (χ0) is 32.6. The van der Waals surface area contributed by atoms with E-state index in [1.165, 1.54) is 24.1 Å². The lowest BCUT2D eigenvalue weighted by Crippen LogP contribution is -2.53. The molecule has 45 heavy (non-hydrogen) atoms. The van der Waals surface area contributed by atoms with Gasteiger partial charge in [0.15, 0.2) is 0 Å². The number of nitrogens with one attached hydrogen (secondary N) is 1. The topological polar surface area (TPSA) is 96.0 Å². The lowest BCUT2D eigenvalue weighted by Gasteiger charge is -2.34. The van der Waals surface area contributed by atoms with Crippen LogP contribution in [0.3, 0.4) is 0 Å². The molecule has 0 bridgehead atoms. The summed E-state index contributed by atoms with van der Waals surface area (Å²) in [4.78, 5) is 29.4. The lowest BCUT2D eigenvalue weighted by atomic mass is 10.0. The van der Waals surface area contributed by atoms with Crippen molar-refractivity contribution in [3.8, 4) is 5.75 Å². The highest BCUT2D eigenvalue weighted by atomic mass is 79.9. The fraction of sp³-hybridized carbons (Fsp3) is 0.235. The minimum atomic E-state index is -4.27. The molecule has 1 atom stereocenters. The number of aryl methyl sites for hydroxylation is 1. The highest BCUT2D eigenvalue weighted by Gasteiger charge is 2.35. The molecule has 0 radical (unpaired) electrons. The molecule has 0 aromatic heterocycles. The number of sulfonamides is 1. The van der Waals surface area contributed by atoms with E-state index in [0.29, 0.717) is 33.0 Å². The van der Waals surface area contributed by atoms with Crippen molar-refractivity contribution in [2.24, 2.45) is 0 Å². The summed E-state index contributed by atoms with van der Waals surface area (Å²) in [5.41, 5.74) is 2.70. The number of hydrogen-bond acceptors (Lipinski definition) is 5. The van der Waals surface area contributed by atoms with Gasteiger partial charge in [0, 0.05) is 24.5 Å². The van der Waals surface area contributed by atoms with Crippen LogP contribution in [0, 0.1) is 6.92 Å². The van der Waals surface area contributed by atoms with E-state index in [1.807, 2.05) is 37.3 Å². The zero-order valence-electron chi connectivity index (χ0n) is 25.2. The summed E-state index contributed by atoms with van der Waals surface area (Å²) < 4.78 is 35.3. The van der Waals surface area contributed by atoms with Crippen molar-refractivity contribution in [2.75, 3.05) is 24.5 Å². The number of likely N-dealkylation sites (N-methyl/N-ethyl adjacent to an activating group) is 1. The van der Waals surface area contributed by atoms with Gasteiger partial charge in [-0.15, -0.1) is 0 Å². The second-order valence-electron chi connectivity index (χ2n) is 10.4. The van der Waals surface area contributed by atoms with Crippen molar-refractivity contribution in [3.63, 3.8) is 0 Å². The smallest absolute Gasteiger partial charge is 0.264 e. The Morgan fingerprint density at radius 3 is 2.24 bits per heavy atom. The molecular weight excluding hydrogens is 678 g/mol. The Labute approximate surface area is 278 Å². The summed E-state index contributed by atoms with van der Waals surface area (Å²) in [7, 11) is -2.78. The number of carbonyl (C=O) groups is 2. The van der Waals surface area contributed by atoms with Gasteiger partial charge in [0.05, 0.1) is 22.2 Å². The maximum Gasteiger partial charge on any atom is 0.264 e. The number of halogens is 2. The Morgan fingerprint density at radius 1 is 0.956 bits per heavy atom. The molecule has 0 aliphatic carbocycles.